The molecule has 6 nitrogen and oxygen atoms in total. The van der Waals surface area contributed by atoms with Gasteiger partial charge in [0.05, 0.1) is 21.1 Å². The molecular weight excluding hydrogens is 497 g/mol. The van der Waals surface area contributed by atoms with E-state index in [1.165, 1.54) is 28.5 Å². The molecule has 0 bridgehead atoms. The SMILES string of the molecule is O=c1c2cc(F)c(F)cc2nc(SCc2nc(-c3ccc(F)c(Br)c3)no2)n1C1CC1. The molecule has 2 aromatic carbocycles. The van der Waals surface area contributed by atoms with Crippen LogP contribution in [-0.2, 0) is 5.75 Å². The van der Waals surface area contributed by atoms with Crippen LogP contribution in [0.25, 0.3) is 22.3 Å². The van der Waals surface area contributed by atoms with Crippen molar-refractivity contribution >= 4 is 38.6 Å². The molecule has 0 spiro atoms. The number of thioether (sulfide) groups is 1. The lowest BCUT2D eigenvalue weighted by atomic mass is 10.2. The fourth-order valence-electron chi connectivity index (χ4n) is 3.12. The van der Waals surface area contributed by atoms with E-state index in [9.17, 15) is 18.0 Å². The second-order valence-electron chi connectivity index (χ2n) is 7.01. The summed E-state index contributed by atoms with van der Waals surface area (Å²) in [5, 5.41) is 4.31. The van der Waals surface area contributed by atoms with Crippen molar-refractivity contribution in [3.8, 4) is 11.4 Å². The molecule has 1 aliphatic carbocycles. The number of rotatable bonds is 5. The third-order valence-corrected chi connectivity index (χ3v) is 6.34. The molecule has 11 heteroatoms. The average molecular weight is 509 g/mol. The Hall–Kier alpha value is -2.66. The summed E-state index contributed by atoms with van der Waals surface area (Å²) in [5.74, 6) is -1.77. The van der Waals surface area contributed by atoms with E-state index >= 15 is 0 Å². The van der Waals surface area contributed by atoms with E-state index in [0.29, 0.717) is 16.5 Å². The molecule has 0 radical (unpaired) electrons. The quantitative estimate of drug-likeness (QED) is 0.270. The minimum absolute atomic E-state index is 0.0187. The highest BCUT2D eigenvalue weighted by atomic mass is 79.9. The van der Waals surface area contributed by atoms with Crippen LogP contribution in [0.5, 0.6) is 0 Å². The van der Waals surface area contributed by atoms with Crippen molar-refractivity contribution in [1.29, 1.82) is 0 Å². The first kappa shape index (κ1) is 20.3. The first-order valence-electron chi connectivity index (χ1n) is 9.23. The predicted octanol–water partition coefficient (Wildman–Crippen LogP) is 5.25. The van der Waals surface area contributed by atoms with E-state index in [1.54, 1.807) is 6.07 Å². The molecule has 0 atom stereocenters. The highest BCUT2D eigenvalue weighted by molar-refractivity contribution is 9.10. The zero-order chi connectivity index (χ0) is 21.7. The molecular formula is C20H12BrF3N4O2S. The molecule has 0 N–H and O–H groups in total. The minimum atomic E-state index is -1.08. The predicted molar refractivity (Wildman–Crippen MR) is 111 cm³/mol. The van der Waals surface area contributed by atoms with Gasteiger partial charge in [0.2, 0.25) is 11.7 Å². The lowest BCUT2D eigenvalue weighted by Crippen LogP contribution is -2.22. The molecule has 0 unspecified atom stereocenters. The summed E-state index contributed by atoms with van der Waals surface area (Å²) in [7, 11) is 0. The highest BCUT2D eigenvalue weighted by Gasteiger charge is 2.29. The Kier molecular flexibility index (Phi) is 5.09. The molecule has 158 valence electrons. The summed E-state index contributed by atoms with van der Waals surface area (Å²) >= 11 is 4.31. The van der Waals surface area contributed by atoms with E-state index in [2.05, 4.69) is 31.1 Å². The second kappa shape index (κ2) is 7.79. The molecule has 1 fully saturated rings. The van der Waals surface area contributed by atoms with Crippen molar-refractivity contribution < 1.29 is 17.7 Å². The lowest BCUT2D eigenvalue weighted by molar-refractivity contribution is 0.391. The normalized spacial score (nSPS) is 13.8. The van der Waals surface area contributed by atoms with Gasteiger partial charge in [-0.15, -0.1) is 0 Å². The van der Waals surface area contributed by atoms with Crippen LogP contribution in [-0.4, -0.2) is 19.7 Å². The fraction of sp³-hybridized carbons (Fsp3) is 0.200. The van der Waals surface area contributed by atoms with E-state index in [1.807, 2.05) is 0 Å². The highest BCUT2D eigenvalue weighted by Crippen LogP contribution is 2.37. The Morgan fingerprint density at radius 3 is 2.61 bits per heavy atom. The van der Waals surface area contributed by atoms with Gasteiger partial charge in [-0.3, -0.25) is 9.36 Å². The first-order valence-corrected chi connectivity index (χ1v) is 11.0. The van der Waals surface area contributed by atoms with Gasteiger partial charge in [0.15, 0.2) is 16.8 Å². The van der Waals surface area contributed by atoms with Gasteiger partial charge in [0.1, 0.15) is 5.82 Å². The number of aromatic nitrogens is 4. The number of halogens is 4. The molecule has 0 amide bonds. The van der Waals surface area contributed by atoms with Crippen molar-refractivity contribution in [1.82, 2.24) is 19.7 Å². The molecule has 2 heterocycles. The van der Waals surface area contributed by atoms with E-state index in [4.69, 9.17) is 4.52 Å². The second-order valence-corrected chi connectivity index (χ2v) is 8.81. The van der Waals surface area contributed by atoms with Crippen LogP contribution >= 0.6 is 27.7 Å². The molecule has 0 aliphatic heterocycles. The van der Waals surface area contributed by atoms with Crippen LogP contribution in [0, 0.1) is 17.5 Å². The van der Waals surface area contributed by atoms with Gasteiger partial charge in [-0.2, -0.15) is 4.98 Å². The molecule has 0 saturated heterocycles. The molecule has 4 aromatic rings. The summed E-state index contributed by atoms with van der Waals surface area (Å²) in [4.78, 5) is 21.6. The van der Waals surface area contributed by atoms with Gasteiger partial charge < -0.3 is 4.52 Å². The average Bonchev–Trinajstić information content (AvgIpc) is 3.46. The Bertz CT molecular complexity index is 1390. The van der Waals surface area contributed by atoms with Gasteiger partial charge in [0, 0.05) is 17.7 Å². The molecule has 1 saturated carbocycles. The maximum absolute atomic E-state index is 13.7. The number of nitrogens with zero attached hydrogens (tertiary/aromatic N) is 4. The van der Waals surface area contributed by atoms with Gasteiger partial charge in [-0.25, -0.2) is 18.2 Å². The number of hydrogen-bond donors (Lipinski definition) is 0. The van der Waals surface area contributed by atoms with Gasteiger partial charge >= 0.3 is 0 Å². The number of hydrogen-bond acceptors (Lipinski definition) is 6. The van der Waals surface area contributed by atoms with Gasteiger partial charge in [-0.1, -0.05) is 16.9 Å². The Balaban J connectivity index is 1.45. The smallest absolute Gasteiger partial charge is 0.262 e. The maximum Gasteiger partial charge on any atom is 0.262 e. The third kappa shape index (κ3) is 3.87. The molecule has 5 rings (SSSR count). The zero-order valence-corrected chi connectivity index (χ0v) is 18.0. The van der Waals surface area contributed by atoms with Crippen LogP contribution < -0.4 is 5.56 Å². The van der Waals surface area contributed by atoms with E-state index in [0.717, 1.165) is 25.0 Å². The zero-order valence-electron chi connectivity index (χ0n) is 15.6. The van der Waals surface area contributed by atoms with Gasteiger partial charge in [-0.05, 0) is 53.0 Å². The third-order valence-electron chi connectivity index (χ3n) is 4.79. The van der Waals surface area contributed by atoms with Crippen LogP contribution in [0.2, 0.25) is 0 Å². The summed E-state index contributed by atoms with van der Waals surface area (Å²) in [6.07, 6.45) is 1.63. The Morgan fingerprint density at radius 2 is 1.87 bits per heavy atom. The van der Waals surface area contributed by atoms with Crippen LogP contribution in [0.15, 0.2) is 49.3 Å². The summed E-state index contributed by atoms with van der Waals surface area (Å²) in [6.45, 7) is 0. The summed E-state index contributed by atoms with van der Waals surface area (Å²) < 4.78 is 47.8. The minimum Gasteiger partial charge on any atom is -0.338 e. The van der Waals surface area contributed by atoms with Crippen LogP contribution in [0.3, 0.4) is 0 Å². The van der Waals surface area contributed by atoms with Crippen molar-refractivity contribution in [2.45, 2.75) is 29.8 Å². The molecule has 1 aliphatic rings. The van der Waals surface area contributed by atoms with E-state index in [-0.39, 0.29) is 33.1 Å². The van der Waals surface area contributed by atoms with Crippen LogP contribution in [0.4, 0.5) is 13.2 Å². The molecule has 2 aromatic heterocycles. The van der Waals surface area contributed by atoms with Crippen LogP contribution in [0.1, 0.15) is 24.8 Å². The summed E-state index contributed by atoms with van der Waals surface area (Å²) in [5.41, 5.74) is 0.256. The number of benzene rings is 2. The summed E-state index contributed by atoms with van der Waals surface area (Å²) in [6, 6.07) is 6.16. The fourth-order valence-corrected chi connectivity index (χ4v) is 4.41. The Morgan fingerprint density at radius 1 is 1.10 bits per heavy atom. The monoisotopic (exact) mass is 508 g/mol. The van der Waals surface area contributed by atoms with Crippen molar-refractivity contribution in [3.63, 3.8) is 0 Å². The van der Waals surface area contributed by atoms with Crippen molar-refractivity contribution in [2.75, 3.05) is 0 Å². The lowest BCUT2D eigenvalue weighted by Gasteiger charge is -2.11. The topological polar surface area (TPSA) is 73.8 Å². The first-order chi connectivity index (χ1) is 14.9. The molecule has 31 heavy (non-hydrogen) atoms. The Labute approximate surface area is 185 Å². The standard InChI is InChI=1S/C20H12BrF3N4O2S/c21-12-5-9(1-4-13(12)22)18-26-17(30-27-18)8-31-20-25-16-7-15(24)14(23)6-11(16)19(29)28(20)10-2-3-10/h1,4-7,10H,2-3,8H2. The largest absolute Gasteiger partial charge is 0.338 e. The van der Waals surface area contributed by atoms with Crippen molar-refractivity contribution in [3.05, 3.63) is 68.5 Å². The number of fused-ring (bicyclic) bond motifs is 1. The maximum atomic E-state index is 13.7. The van der Waals surface area contributed by atoms with E-state index < -0.39 is 23.0 Å². The van der Waals surface area contributed by atoms with Gasteiger partial charge in [0.25, 0.3) is 5.56 Å². The van der Waals surface area contributed by atoms with Crippen molar-refractivity contribution in [2.24, 2.45) is 0 Å².